The normalized spacial score (nSPS) is 11.1. The maximum absolute atomic E-state index is 2.37. The van der Waals surface area contributed by atoms with Crippen molar-refractivity contribution in [3.63, 3.8) is 0 Å². The van der Waals surface area contributed by atoms with Crippen LogP contribution in [-0.4, -0.2) is 0 Å². The second-order valence-electron chi connectivity index (χ2n) is 11.9. The Morgan fingerprint density at radius 1 is 0.319 bits per heavy atom. The van der Waals surface area contributed by atoms with Gasteiger partial charge in [-0.3, -0.25) is 0 Å². The zero-order chi connectivity index (χ0) is 31.6. The second-order valence-corrected chi connectivity index (χ2v) is 11.9. The van der Waals surface area contributed by atoms with Gasteiger partial charge in [-0.2, -0.15) is 0 Å². The van der Waals surface area contributed by atoms with E-state index in [0.717, 1.165) is 28.4 Å². The fourth-order valence-corrected chi connectivity index (χ4v) is 6.71. The molecule has 8 aromatic rings. The molecule has 0 unspecified atom stereocenters. The molecule has 0 fully saturated rings. The summed E-state index contributed by atoms with van der Waals surface area (Å²) in [5, 5.41) is 4.97. The smallest absolute Gasteiger partial charge is 0.0542 e. The molecule has 0 saturated carbocycles. The molecule has 0 bridgehead atoms. The highest BCUT2D eigenvalue weighted by atomic mass is 15.1. The van der Waals surface area contributed by atoms with E-state index < -0.39 is 0 Å². The first kappa shape index (κ1) is 28.4. The summed E-state index contributed by atoms with van der Waals surface area (Å²) in [5.74, 6) is 0. The van der Waals surface area contributed by atoms with Crippen molar-refractivity contribution < 1.29 is 0 Å². The Morgan fingerprint density at radius 3 is 1.34 bits per heavy atom. The van der Waals surface area contributed by atoms with Gasteiger partial charge < -0.3 is 9.80 Å². The van der Waals surface area contributed by atoms with Crippen LogP contribution >= 0.6 is 0 Å². The number of fused-ring (bicyclic) bond motifs is 2. The first-order chi connectivity index (χ1) is 23.2. The van der Waals surface area contributed by atoms with Gasteiger partial charge in [-0.15, -0.1) is 0 Å². The Balaban J connectivity index is 1.17. The monoisotopic (exact) mass is 602 g/mol. The third-order valence-electron chi connectivity index (χ3n) is 8.95. The molecule has 0 heterocycles. The van der Waals surface area contributed by atoms with Gasteiger partial charge in [-0.1, -0.05) is 127 Å². The van der Waals surface area contributed by atoms with Gasteiger partial charge in [0.25, 0.3) is 0 Å². The quantitative estimate of drug-likeness (QED) is 0.179. The Kier molecular flexibility index (Phi) is 7.45. The molecule has 0 aliphatic carbocycles. The molecule has 2 nitrogen and oxygen atoms in total. The van der Waals surface area contributed by atoms with E-state index in [4.69, 9.17) is 0 Å². The predicted octanol–water partition coefficient (Wildman–Crippen LogP) is 12.9. The summed E-state index contributed by atoms with van der Waals surface area (Å²) in [6.07, 6.45) is 0. The van der Waals surface area contributed by atoms with E-state index in [1.54, 1.807) is 0 Å². The molecule has 0 N–H and O–H groups in total. The molecule has 0 aromatic heterocycles. The number of aryl methyl sites for hydroxylation is 1. The van der Waals surface area contributed by atoms with E-state index in [0.29, 0.717) is 0 Å². The van der Waals surface area contributed by atoms with Crippen LogP contribution in [0, 0.1) is 6.92 Å². The maximum Gasteiger partial charge on any atom is 0.0542 e. The number of anilines is 6. The molecule has 47 heavy (non-hydrogen) atoms. The highest BCUT2D eigenvalue weighted by molar-refractivity contribution is 6.01. The lowest BCUT2D eigenvalue weighted by Gasteiger charge is -2.28. The number of benzene rings is 8. The van der Waals surface area contributed by atoms with Crippen molar-refractivity contribution in [1.82, 2.24) is 0 Å². The van der Waals surface area contributed by atoms with Crippen molar-refractivity contribution in [2.24, 2.45) is 0 Å². The first-order valence-corrected chi connectivity index (χ1v) is 16.1. The molecular weight excluding hydrogens is 569 g/mol. The summed E-state index contributed by atoms with van der Waals surface area (Å²) < 4.78 is 0. The lowest BCUT2D eigenvalue weighted by Crippen LogP contribution is -2.10. The summed E-state index contributed by atoms with van der Waals surface area (Å²) >= 11 is 0. The van der Waals surface area contributed by atoms with Gasteiger partial charge in [0.2, 0.25) is 0 Å². The number of nitrogens with zero attached hydrogens (tertiary/aromatic N) is 2. The standard InChI is InChI=1S/C45H34N2/c1-33-13-10-16-37-17-12-24-44(45(33)37)47(39-20-6-3-7-21-39)41-31-27-35(28-32-41)34-25-29-40(30-26-34)46(38-18-4-2-5-19-38)43-23-11-15-36-14-8-9-22-42(36)43/h2-32H,1H3. The van der Waals surface area contributed by atoms with Crippen LogP contribution in [0.2, 0.25) is 0 Å². The molecular formula is C45H34N2. The topological polar surface area (TPSA) is 6.48 Å². The molecule has 224 valence electrons. The largest absolute Gasteiger partial charge is 0.310 e. The van der Waals surface area contributed by atoms with Crippen LogP contribution < -0.4 is 9.80 Å². The summed E-state index contributed by atoms with van der Waals surface area (Å²) in [6.45, 7) is 2.20. The van der Waals surface area contributed by atoms with E-state index in [1.807, 2.05) is 0 Å². The molecule has 0 radical (unpaired) electrons. The highest BCUT2D eigenvalue weighted by Gasteiger charge is 2.17. The van der Waals surface area contributed by atoms with Crippen molar-refractivity contribution in [2.75, 3.05) is 9.80 Å². The molecule has 8 aromatic carbocycles. The zero-order valence-corrected chi connectivity index (χ0v) is 26.3. The van der Waals surface area contributed by atoms with Crippen LogP contribution in [0.15, 0.2) is 188 Å². The van der Waals surface area contributed by atoms with Gasteiger partial charge >= 0.3 is 0 Å². The Bertz CT molecular complexity index is 2280. The average molecular weight is 603 g/mol. The van der Waals surface area contributed by atoms with Gasteiger partial charge in [-0.25, -0.2) is 0 Å². The number of hydrogen-bond donors (Lipinski definition) is 0. The van der Waals surface area contributed by atoms with Gasteiger partial charge in [-0.05, 0) is 95.1 Å². The van der Waals surface area contributed by atoms with Crippen molar-refractivity contribution in [2.45, 2.75) is 6.92 Å². The van der Waals surface area contributed by atoms with Crippen LogP contribution in [0.25, 0.3) is 32.7 Å². The minimum absolute atomic E-state index is 1.12. The Morgan fingerprint density at radius 2 is 0.745 bits per heavy atom. The van der Waals surface area contributed by atoms with Crippen LogP contribution in [-0.2, 0) is 0 Å². The SMILES string of the molecule is Cc1cccc2cccc(N(c3ccccc3)c3ccc(-c4ccc(N(c5ccccc5)c5cccc6ccccc56)cc4)cc3)c12. The van der Waals surface area contributed by atoms with Crippen LogP contribution in [0.1, 0.15) is 5.56 Å². The maximum atomic E-state index is 2.37. The fourth-order valence-electron chi connectivity index (χ4n) is 6.71. The second kappa shape index (κ2) is 12.3. The lowest BCUT2D eigenvalue weighted by atomic mass is 10.0. The molecule has 8 rings (SSSR count). The predicted molar refractivity (Wildman–Crippen MR) is 201 cm³/mol. The summed E-state index contributed by atoms with van der Waals surface area (Å²) in [7, 11) is 0. The molecule has 2 heteroatoms. The number of rotatable bonds is 7. The van der Waals surface area contributed by atoms with E-state index in [-0.39, 0.29) is 0 Å². The number of para-hydroxylation sites is 2. The van der Waals surface area contributed by atoms with E-state index >= 15 is 0 Å². The summed E-state index contributed by atoms with van der Waals surface area (Å²) in [6, 6.07) is 67.3. The number of hydrogen-bond acceptors (Lipinski definition) is 2. The first-order valence-electron chi connectivity index (χ1n) is 16.1. The molecule has 0 atom stereocenters. The Labute approximate surface area is 276 Å². The van der Waals surface area contributed by atoms with E-state index in [2.05, 4.69) is 205 Å². The van der Waals surface area contributed by atoms with E-state index in [9.17, 15) is 0 Å². The fraction of sp³-hybridized carbons (Fsp3) is 0.0222. The summed E-state index contributed by atoms with van der Waals surface area (Å²) in [5.41, 5.74) is 10.5. The van der Waals surface area contributed by atoms with Gasteiger partial charge in [0.15, 0.2) is 0 Å². The third-order valence-corrected chi connectivity index (χ3v) is 8.95. The minimum atomic E-state index is 1.12. The average Bonchev–Trinajstić information content (AvgIpc) is 3.14. The minimum Gasteiger partial charge on any atom is -0.310 e. The lowest BCUT2D eigenvalue weighted by molar-refractivity contribution is 1.29. The Hall–Kier alpha value is -6.12. The van der Waals surface area contributed by atoms with Crippen LogP contribution in [0.5, 0.6) is 0 Å². The molecule has 0 saturated heterocycles. The van der Waals surface area contributed by atoms with E-state index in [1.165, 1.54) is 43.9 Å². The van der Waals surface area contributed by atoms with Gasteiger partial charge in [0.1, 0.15) is 0 Å². The molecule has 0 aliphatic rings. The van der Waals surface area contributed by atoms with Crippen molar-refractivity contribution in [3.8, 4) is 11.1 Å². The van der Waals surface area contributed by atoms with Gasteiger partial charge in [0.05, 0.1) is 11.4 Å². The van der Waals surface area contributed by atoms with Crippen molar-refractivity contribution >= 4 is 55.7 Å². The molecule has 0 amide bonds. The highest BCUT2D eigenvalue weighted by Crippen LogP contribution is 2.42. The molecule has 0 spiro atoms. The zero-order valence-electron chi connectivity index (χ0n) is 26.3. The van der Waals surface area contributed by atoms with Gasteiger partial charge in [0, 0.05) is 33.5 Å². The molecule has 0 aliphatic heterocycles. The third kappa shape index (κ3) is 5.41. The van der Waals surface area contributed by atoms with Crippen molar-refractivity contribution in [3.05, 3.63) is 194 Å². The van der Waals surface area contributed by atoms with Crippen molar-refractivity contribution in [1.29, 1.82) is 0 Å². The van der Waals surface area contributed by atoms with Crippen LogP contribution in [0.4, 0.5) is 34.1 Å². The van der Waals surface area contributed by atoms with Crippen LogP contribution in [0.3, 0.4) is 0 Å². The summed E-state index contributed by atoms with van der Waals surface area (Å²) in [4.78, 5) is 4.71.